The first kappa shape index (κ1) is 16.9. The maximum Gasteiger partial charge on any atom is 0.269 e. The molecule has 1 aliphatic heterocycles. The van der Waals surface area contributed by atoms with Crippen LogP contribution in [0.15, 0.2) is 24.3 Å². The number of non-ortho nitro benzene ring substituents is 1. The molecule has 24 heavy (non-hydrogen) atoms. The highest BCUT2D eigenvalue weighted by Gasteiger charge is 2.41. The molecule has 1 amide bonds. The van der Waals surface area contributed by atoms with Crippen molar-refractivity contribution in [2.45, 2.75) is 50.4 Å². The Bertz CT molecular complexity index is 613. The van der Waals surface area contributed by atoms with Gasteiger partial charge in [-0.25, -0.2) is 0 Å². The van der Waals surface area contributed by atoms with Crippen LogP contribution in [0, 0.1) is 10.1 Å². The van der Waals surface area contributed by atoms with E-state index in [1.165, 1.54) is 12.1 Å². The van der Waals surface area contributed by atoms with Crippen LogP contribution in [0.4, 0.5) is 5.69 Å². The Hall–Kier alpha value is -1.99. The molecule has 2 fully saturated rings. The molecule has 0 aromatic heterocycles. The van der Waals surface area contributed by atoms with Gasteiger partial charge in [-0.2, -0.15) is 0 Å². The Morgan fingerprint density at radius 2 is 2.17 bits per heavy atom. The van der Waals surface area contributed by atoms with Crippen LogP contribution in [0.1, 0.15) is 37.7 Å². The van der Waals surface area contributed by atoms with Gasteiger partial charge >= 0.3 is 0 Å². The van der Waals surface area contributed by atoms with Gasteiger partial charge in [0, 0.05) is 37.4 Å². The van der Waals surface area contributed by atoms with Gasteiger partial charge in [-0.05, 0) is 24.8 Å². The van der Waals surface area contributed by atoms with Crippen molar-refractivity contribution >= 4 is 11.6 Å². The molecule has 1 atom stereocenters. The highest BCUT2D eigenvalue weighted by molar-refractivity contribution is 5.76. The number of carbonyl (C=O) groups excluding carboxylic acids is 1. The normalized spacial score (nSPS) is 22.4. The minimum Gasteiger partial charge on any atom is -0.353 e. The van der Waals surface area contributed by atoms with E-state index in [2.05, 4.69) is 5.32 Å². The number of hydrogen-bond donors (Lipinski definition) is 1. The van der Waals surface area contributed by atoms with E-state index >= 15 is 0 Å². The third-order valence-electron chi connectivity index (χ3n) is 4.61. The zero-order valence-corrected chi connectivity index (χ0v) is 13.5. The summed E-state index contributed by atoms with van der Waals surface area (Å²) in [5.74, 6) is -0.544. The topological polar surface area (TPSA) is 90.7 Å². The first-order chi connectivity index (χ1) is 11.6. The van der Waals surface area contributed by atoms with Crippen molar-refractivity contribution in [3.05, 3.63) is 39.9 Å². The fourth-order valence-corrected chi connectivity index (χ4v) is 3.46. The molecule has 1 N–H and O–H groups in total. The molecule has 130 valence electrons. The van der Waals surface area contributed by atoms with Crippen molar-refractivity contribution in [2.24, 2.45) is 0 Å². The number of benzene rings is 1. The summed E-state index contributed by atoms with van der Waals surface area (Å²) in [6, 6.07) is 6.48. The highest BCUT2D eigenvalue weighted by Crippen LogP contribution is 2.35. The summed E-state index contributed by atoms with van der Waals surface area (Å²) in [5.41, 5.74) is 0.847. The summed E-state index contributed by atoms with van der Waals surface area (Å²) < 4.78 is 11.4. The van der Waals surface area contributed by atoms with Crippen molar-refractivity contribution in [3.8, 4) is 0 Å². The second-order valence-electron chi connectivity index (χ2n) is 6.40. The van der Waals surface area contributed by atoms with Gasteiger partial charge in [0.2, 0.25) is 5.91 Å². The summed E-state index contributed by atoms with van der Waals surface area (Å²) >= 11 is 0. The zero-order chi connectivity index (χ0) is 17.0. The lowest BCUT2D eigenvalue weighted by molar-refractivity contribution is -0.384. The number of hydrogen-bond acceptors (Lipinski definition) is 5. The minimum absolute atomic E-state index is 0.0402. The van der Waals surface area contributed by atoms with Crippen molar-refractivity contribution in [2.75, 3.05) is 13.2 Å². The maximum absolute atomic E-state index is 12.2. The Morgan fingerprint density at radius 1 is 1.38 bits per heavy atom. The fraction of sp³-hybridized carbons (Fsp3) is 0.588. The van der Waals surface area contributed by atoms with Crippen LogP contribution in [-0.4, -0.2) is 35.9 Å². The van der Waals surface area contributed by atoms with Gasteiger partial charge in [-0.3, -0.25) is 14.9 Å². The average molecular weight is 334 g/mol. The number of rotatable bonds is 5. The Kier molecular flexibility index (Phi) is 5.11. The van der Waals surface area contributed by atoms with E-state index < -0.39 is 10.7 Å². The molecular formula is C17H22N2O5. The monoisotopic (exact) mass is 334 g/mol. The zero-order valence-electron chi connectivity index (χ0n) is 13.5. The van der Waals surface area contributed by atoms with Gasteiger partial charge in [0.15, 0.2) is 5.79 Å². The quantitative estimate of drug-likeness (QED) is 0.659. The summed E-state index contributed by atoms with van der Waals surface area (Å²) in [6.45, 7) is 1.24. The molecule has 7 nitrogen and oxygen atoms in total. The smallest absolute Gasteiger partial charge is 0.269 e. The van der Waals surface area contributed by atoms with Gasteiger partial charge in [-0.1, -0.05) is 12.1 Å². The minimum atomic E-state index is -0.504. The van der Waals surface area contributed by atoms with Crippen LogP contribution in [0.3, 0.4) is 0 Å². The van der Waals surface area contributed by atoms with Crippen LogP contribution < -0.4 is 5.32 Å². The second-order valence-corrected chi connectivity index (χ2v) is 6.40. The number of carbonyl (C=O) groups is 1. The number of amides is 1. The average Bonchev–Trinajstić information content (AvgIpc) is 3.01. The summed E-state index contributed by atoms with van der Waals surface area (Å²) in [6.07, 6.45) is 4.26. The van der Waals surface area contributed by atoms with E-state index in [-0.39, 0.29) is 17.6 Å². The molecule has 1 aromatic rings. The molecule has 0 bridgehead atoms. The summed E-state index contributed by atoms with van der Waals surface area (Å²) in [5, 5.41) is 13.8. The van der Waals surface area contributed by atoms with Crippen LogP contribution in [0.25, 0.3) is 0 Å². The van der Waals surface area contributed by atoms with Gasteiger partial charge in [-0.15, -0.1) is 0 Å². The van der Waals surface area contributed by atoms with Crippen LogP contribution in [0.2, 0.25) is 0 Å². The number of ether oxygens (including phenoxy) is 2. The SMILES string of the molecule is O=C(CCc1cccc([N+](=O)[O-])c1)N[C@H]1CCCC2(C1)OCCO2. The van der Waals surface area contributed by atoms with Gasteiger partial charge < -0.3 is 14.8 Å². The van der Waals surface area contributed by atoms with Crippen molar-refractivity contribution in [1.82, 2.24) is 5.32 Å². The first-order valence-electron chi connectivity index (χ1n) is 8.37. The number of nitrogens with zero attached hydrogens (tertiary/aromatic N) is 1. The lowest BCUT2D eigenvalue weighted by atomic mass is 9.89. The first-order valence-corrected chi connectivity index (χ1v) is 8.37. The number of nitro benzene ring substituents is 1. The molecule has 1 saturated carbocycles. The van der Waals surface area contributed by atoms with E-state index in [0.717, 1.165) is 24.8 Å². The molecule has 1 spiro atoms. The maximum atomic E-state index is 12.2. The molecule has 1 aromatic carbocycles. The number of nitrogens with one attached hydrogen (secondary N) is 1. The van der Waals surface area contributed by atoms with Crippen LogP contribution in [-0.2, 0) is 20.7 Å². The van der Waals surface area contributed by atoms with Crippen molar-refractivity contribution in [3.63, 3.8) is 0 Å². The molecule has 2 aliphatic rings. The van der Waals surface area contributed by atoms with E-state index in [9.17, 15) is 14.9 Å². The molecule has 7 heteroatoms. The van der Waals surface area contributed by atoms with E-state index in [1.54, 1.807) is 12.1 Å². The number of aryl methyl sites for hydroxylation is 1. The standard InChI is InChI=1S/C17H22N2O5/c20-16(7-6-13-3-1-5-15(11-13)19(21)22)18-14-4-2-8-17(12-14)23-9-10-24-17/h1,3,5,11,14H,2,4,6-10,12H2,(H,18,20)/t14-/m0/s1. The summed E-state index contributed by atoms with van der Waals surface area (Å²) in [7, 11) is 0. The van der Waals surface area contributed by atoms with Gasteiger partial charge in [0.1, 0.15) is 0 Å². The Balaban J connectivity index is 1.49. The van der Waals surface area contributed by atoms with E-state index in [1.807, 2.05) is 0 Å². The molecular weight excluding hydrogens is 312 g/mol. The molecule has 3 rings (SSSR count). The van der Waals surface area contributed by atoms with Crippen molar-refractivity contribution < 1.29 is 19.2 Å². The molecule has 1 heterocycles. The van der Waals surface area contributed by atoms with Crippen molar-refractivity contribution in [1.29, 1.82) is 0 Å². The molecule has 0 unspecified atom stereocenters. The predicted molar refractivity (Wildman–Crippen MR) is 86.5 cm³/mol. The van der Waals surface area contributed by atoms with E-state index in [0.29, 0.717) is 32.5 Å². The lowest BCUT2D eigenvalue weighted by Crippen LogP contribution is -2.46. The van der Waals surface area contributed by atoms with Crippen LogP contribution >= 0.6 is 0 Å². The van der Waals surface area contributed by atoms with Gasteiger partial charge in [0.25, 0.3) is 5.69 Å². The predicted octanol–water partition coefficient (Wildman–Crippen LogP) is 2.33. The third kappa shape index (κ3) is 4.10. The molecule has 1 saturated heterocycles. The molecule has 1 aliphatic carbocycles. The van der Waals surface area contributed by atoms with E-state index in [4.69, 9.17) is 9.47 Å². The fourth-order valence-electron chi connectivity index (χ4n) is 3.46. The largest absolute Gasteiger partial charge is 0.353 e. The Labute approximate surface area is 140 Å². The highest BCUT2D eigenvalue weighted by atomic mass is 16.7. The third-order valence-corrected chi connectivity index (χ3v) is 4.61. The second kappa shape index (κ2) is 7.27. The summed E-state index contributed by atoms with van der Waals surface area (Å²) in [4.78, 5) is 22.5. The van der Waals surface area contributed by atoms with Crippen LogP contribution in [0.5, 0.6) is 0 Å². The number of nitro groups is 1. The Morgan fingerprint density at radius 3 is 2.92 bits per heavy atom. The molecule has 0 radical (unpaired) electrons. The lowest BCUT2D eigenvalue weighted by Gasteiger charge is -2.36. The van der Waals surface area contributed by atoms with Gasteiger partial charge in [0.05, 0.1) is 18.1 Å².